The molecule has 0 amide bonds. The van der Waals surface area contributed by atoms with Gasteiger partial charge < -0.3 is 24.6 Å². The summed E-state index contributed by atoms with van der Waals surface area (Å²) in [6, 6.07) is 0. The van der Waals surface area contributed by atoms with Crippen molar-refractivity contribution in [1.82, 2.24) is 0 Å². The molecule has 0 aromatic heterocycles. The highest BCUT2D eigenvalue weighted by Gasteiger charge is 2.27. The van der Waals surface area contributed by atoms with Gasteiger partial charge in [0, 0.05) is 12.8 Å². The molecule has 0 bridgehead atoms. The zero-order valence-electron chi connectivity index (χ0n) is 35.5. The number of carbonyl (C=O) groups excluding carboxylic acids is 2. The molecular weight excluding hydrogens is 743 g/mol. The van der Waals surface area contributed by atoms with Gasteiger partial charge in [-0.3, -0.25) is 18.6 Å². The van der Waals surface area contributed by atoms with Crippen LogP contribution in [0.1, 0.15) is 168 Å². The molecule has 0 aliphatic carbocycles. The van der Waals surface area contributed by atoms with E-state index in [2.05, 4.69) is 67.0 Å². The van der Waals surface area contributed by atoms with E-state index in [1.165, 1.54) is 44.9 Å². The van der Waals surface area contributed by atoms with Gasteiger partial charge in [-0.1, -0.05) is 164 Å². The number of phosphoric ester groups is 1. The van der Waals surface area contributed by atoms with Crippen LogP contribution in [0.15, 0.2) is 72.9 Å². The van der Waals surface area contributed by atoms with Crippen molar-refractivity contribution in [2.45, 2.75) is 180 Å². The molecule has 0 aromatic rings. The molecule has 0 rings (SSSR count). The summed E-state index contributed by atoms with van der Waals surface area (Å²) in [4.78, 5) is 35.0. The first kappa shape index (κ1) is 54.4. The average molecular weight is 823 g/mol. The number of hydrogen-bond donors (Lipinski definition) is 3. The van der Waals surface area contributed by atoms with Gasteiger partial charge >= 0.3 is 19.8 Å². The molecule has 11 heteroatoms. The third kappa shape index (κ3) is 41.4. The van der Waals surface area contributed by atoms with Gasteiger partial charge in [0.1, 0.15) is 12.7 Å². The number of rotatable bonds is 40. The molecule has 0 saturated heterocycles. The standard InChI is InChI=1S/C46H79O10P/c1-3-5-7-9-11-13-15-17-18-19-20-21-22-23-24-26-27-29-31-33-35-37-45(49)53-41-44(42-55-57(51,52)54-40-43(48)39-47)56-46(50)38-36-34-32-30-28-25-16-14-12-10-8-6-4-2/h5-8,10-14,16-18,43-44,47-48H,3-4,9,15,19-42H2,1-2H3,(H,51,52)/b7-5+,8-6+,12-10+,13-11+,16-14+,18-17+/t43-,44?/m1/s1. The Morgan fingerprint density at radius 1 is 0.544 bits per heavy atom. The molecule has 0 heterocycles. The van der Waals surface area contributed by atoms with Gasteiger partial charge in [0.15, 0.2) is 6.10 Å². The number of aliphatic hydroxyl groups is 2. The number of unbranched alkanes of at least 4 members (excludes halogenated alkanes) is 16. The second-order valence-corrected chi connectivity index (χ2v) is 15.8. The van der Waals surface area contributed by atoms with Gasteiger partial charge in [0.2, 0.25) is 0 Å². The lowest BCUT2D eigenvalue weighted by Crippen LogP contribution is -2.29. The SMILES string of the molecule is CC/C=C/C=C/C=C/CCCCCCCC(=O)OC(COC(=O)CCCCCCCCCCCCC/C=C/C/C=C/C/C=C/CC)COP(=O)(O)OC[C@H](O)CO. The van der Waals surface area contributed by atoms with Crippen LogP contribution in [0.25, 0.3) is 0 Å². The fourth-order valence-corrected chi connectivity index (χ4v) is 6.38. The van der Waals surface area contributed by atoms with Crippen molar-refractivity contribution >= 4 is 19.8 Å². The summed E-state index contributed by atoms with van der Waals surface area (Å²) in [5.74, 6) is -0.957. The van der Waals surface area contributed by atoms with Gasteiger partial charge in [0.25, 0.3) is 0 Å². The highest BCUT2D eigenvalue weighted by atomic mass is 31.2. The van der Waals surface area contributed by atoms with E-state index in [-0.39, 0.29) is 19.4 Å². The summed E-state index contributed by atoms with van der Waals surface area (Å²) in [5.41, 5.74) is 0. The molecule has 0 aromatic carbocycles. The molecule has 0 saturated carbocycles. The molecule has 3 N–H and O–H groups in total. The third-order valence-corrected chi connectivity index (χ3v) is 9.87. The van der Waals surface area contributed by atoms with Crippen LogP contribution in [0.5, 0.6) is 0 Å². The van der Waals surface area contributed by atoms with Crippen molar-refractivity contribution in [3.63, 3.8) is 0 Å². The Kier molecular flexibility index (Phi) is 39.7. The first-order valence-electron chi connectivity index (χ1n) is 21.9. The maximum atomic E-state index is 12.6. The van der Waals surface area contributed by atoms with Crippen LogP contribution in [0.2, 0.25) is 0 Å². The monoisotopic (exact) mass is 823 g/mol. The van der Waals surface area contributed by atoms with E-state index in [1.54, 1.807) is 0 Å². The highest BCUT2D eigenvalue weighted by Crippen LogP contribution is 2.43. The molecule has 0 aliphatic heterocycles. The van der Waals surface area contributed by atoms with E-state index in [1.807, 2.05) is 24.3 Å². The Labute approximate surface area is 346 Å². The van der Waals surface area contributed by atoms with Crippen LogP contribution in [-0.2, 0) is 32.7 Å². The van der Waals surface area contributed by atoms with E-state index in [9.17, 15) is 24.2 Å². The van der Waals surface area contributed by atoms with Crippen molar-refractivity contribution in [1.29, 1.82) is 0 Å². The van der Waals surface area contributed by atoms with Crippen molar-refractivity contribution in [3.8, 4) is 0 Å². The fourth-order valence-electron chi connectivity index (χ4n) is 5.60. The molecule has 328 valence electrons. The second-order valence-electron chi connectivity index (χ2n) is 14.4. The van der Waals surface area contributed by atoms with Crippen molar-refractivity contribution < 1.29 is 47.8 Å². The fraction of sp³-hybridized carbons (Fsp3) is 0.696. The van der Waals surface area contributed by atoms with E-state index in [4.69, 9.17) is 19.1 Å². The molecule has 0 spiro atoms. The Balaban J connectivity index is 4.25. The normalized spacial score (nSPS) is 14.5. The van der Waals surface area contributed by atoms with Crippen molar-refractivity contribution in [2.75, 3.05) is 26.4 Å². The average Bonchev–Trinajstić information content (AvgIpc) is 3.20. The first-order valence-corrected chi connectivity index (χ1v) is 23.4. The first-order chi connectivity index (χ1) is 27.7. The molecule has 0 radical (unpaired) electrons. The second kappa shape index (κ2) is 41.6. The number of carbonyl (C=O) groups is 2. The topological polar surface area (TPSA) is 149 Å². The summed E-state index contributed by atoms with van der Waals surface area (Å²) >= 11 is 0. The molecule has 10 nitrogen and oxygen atoms in total. The zero-order chi connectivity index (χ0) is 41.9. The van der Waals surface area contributed by atoms with E-state index >= 15 is 0 Å². The quantitative estimate of drug-likeness (QED) is 0.0179. The van der Waals surface area contributed by atoms with Gasteiger partial charge in [-0.05, 0) is 64.2 Å². The Morgan fingerprint density at radius 2 is 1.00 bits per heavy atom. The highest BCUT2D eigenvalue weighted by molar-refractivity contribution is 7.47. The van der Waals surface area contributed by atoms with E-state index in [0.29, 0.717) is 12.8 Å². The van der Waals surface area contributed by atoms with Crippen LogP contribution in [0, 0.1) is 0 Å². The molecule has 2 unspecified atom stereocenters. The molecule has 3 atom stereocenters. The van der Waals surface area contributed by atoms with Crippen LogP contribution < -0.4 is 0 Å². The largest absolute Gasteiger partial charge is 0.472 e. The van der Waals surface area contributed by atoms with Crippen LogP contribution in [-0.4, -0.2) is 65.7 Å². The van der Waals surface area contributed by atoms with Gasteiger partial charge in [-0.2, -0.15) is 0 Å². The van der Waals surface area contributed by atoms with Gasteiger partial charge in [-0.15, -0.1) is 0 Å². The number of phosphoric acid groups is 1. The smallest absolute Gasteiger partial charge is 0.462 e. The van der Waals surface area contributed by atoms with E-state index in [0.717, 1.165) is 83.5 Å². The Hall–Kier alpha value is -2.59. The van der Waals surface area contributed by atoms with Gasteiger partial charge in [0.05, 0.1) is 19.8 Å². The summed E-state index contributed by atoms with van der Waals surface area (Å²) in [5, 5.41) is 18.3. The number of esters is 2. The predicted octanol–water partition coefficient (Wildman–Crippen LogP) is 11.7. The Morgan fingerprint density at radius 3 is 1.56 bits per heavy atom. The minimum atomic E-state index is -4.63. The molecule has 0 aliphatic rings. The molecule has 57 heavy (non-hydrogen) atoms. The van der Waals surface area contributed by atoms with Crippen LogP contribution in [0.3, 0.4) is 0 Å². The Bertz CT molecular complexity index is 1180. The van der Waals surface area contributed by atoms with Gasteiger partial charge in [-0.25, -0.2) is 4.57 Å². The number of allylic oxidation sites excluding steroid dienone is 12. The molecule has 0 fully saturated rings. The van der Waals surface area contributed by atoms with Crippen molar-refractivity contribution in [3.05, 3.63) is 72.9 Å². The van der Waals surface area contributed by atoms with E-state index < -0.39 is 51.8 Å². The predicted molar refractivity (Wildman–Crippen MR) is 233 cm³/mol. The van der Waals surface area contributed by atoms with Crippen LogP contribution >= 0.6 is 7.82 Å². The van der Waals surface area contributed by atoms with Crippen LogP contribution in [0.4, 0.5) is 0 Å². The summed E-state index contributed by atoms with van der Waals surface area (Å²) in [6.45, 7) is 2.10. The lowest BCUT2D eigenvalue weighted by atomic mass is 10.0. The summed E-state index contributed by atoms with van der Waals surface area (Å²) in [7, 11) is -4.63. The minimum absolute atomic E-state index is 0.157. The summed E-state index contributed by atoms with van der Waals surface area (Å²) in [6.07, 6.45) is 47.3. The molecular formula is C46H79O10P. The maximum absolute atomic E-state index is 12.6. The lowest BCUT2D eigenvalue weighted by molar-refractivity contribution is -0.161. The maximum Gasteiger partial charge on any atom is 0.472 e. The lowest BCUT2D eigenvalue weighted by Gasteiger charge is -2.20. The minimum Gasteiger partial charge on any atom is -0.462 e. The number of hydrogen-bond acceptors (Lipinski definition) is 9. The number of aliphatic hydroxyl groups excluding tert-OH is 2. The third-order valence-electron chi connectivity index (χ3n) is 8.92. The number of ether oxygens (including phenoxy) is 2. The summed E-state index contributed by atoms with van der Waals surface area (Å²) < 4.78 is 32.7. The zero-order valence-corrected chi connectivity index (χ0v) is 36.4. The van der Waals surface area contributed by atoms with Crippen molar-refractivity contribution in [2.24, 2.45) is 0 Å².